The number of carboxylic acids is 1. The van der Waals surface area contributed by atoms with E-state index in [4.69, 9.17) is 5.11 Å². The van der Waals surface area contributed by atoms with Crippen molar-refractivity contribution in [2.45, 2.75) is 13.3 Å². The van der Waals surface area contributed by atoms with Crippen LogP contribution in [0.5, 0.6) is 0 Å². The van der Waals surface area contributed by atoms with E-state index in [0.717, 1.165) is 0 Å². The number of aryl methyl sites for hydroxylation is 1. The van der Waals surface area contributed by atoms with Crippen LogP contribution in [0, 0.1) is 17.0 Å². The van der Waals surface area contributed by atoms with Crippen molar-refractivity contribution < 1.29 is 14.8 Å². The molecule has 0 aliphatic carbocycles. The maximum absolute atomic E-state index is 10.9. The van der Waals surface area contributed by atoms with Crippen molar-refractivity contribution >= 4 is 17.3 Å². The average molecular weight is 238 g/mol. The van der Waals surface area contributed by atoms with Gasteiger partial charge in [0.1, 0.15) is 5.69 Å². The Morgan fingerprint density at radius 2 is 2.18 bits per heavy atom. The number of aliphatic carboxylic acids is 1. The van der Waals surface area contributed by atoms with E-state index in [2.05, 4.69) is 0 Å². The minimum Gasteiger partial charge on any atom is -0.481 e. The summed E-state index contributed by atoms with van der Waals surface area (Å²) in [4.78, 5) is 22.5. The molecule has 0 unspecified atom stereocenters. The zero-order valence-corrected chi connectivity index (χ0v) is 9.71. The lowest BCUT2D eigenvalue weighted by Crippen LogP contribution is -2.22. The first kappa shape index (κ1) is 13.0. The van der Waals surface area contributed by atoms with E-state index >= 15 is 0 Å². The Balaban J connectivity index is 3.00. The van der Waals surface area contributed by atoms with Crippen LogP contribution in [0.1, 0.15) is 12.0 Å². The van der Waals surface area contributed by atoms with Crippen LogP contribution >= 0.6 is 0 Å². The minimum atomic E-state index is -0.924. The normalized spacial score (nSPS) is 10.0. The van der Waals surface area contributed by atoms with Gasteiger partial charge in [-0.1, -0.05) is 12.1 Å². The molecular weight excluding hydrogens is 224 g/mol. The van der Waals surface area contributed by atoms with Gasteiger partial charge in [0, 0.05) is 19.2 Å². The molecule has 0 aromatic heterocycles. The molecule has 0 aliphatic rings. The Labute approximate surface area is 98.6 Å². The van der Waals surface area contributed by atoms with Crippen LogP contribution in [0.2, 0.25) is 0 Å². The topological polar surface area (TPSA) is 83.7 Å². The third-order valence-electron chi connectivity index (χ3n) is 2.47. The predicted molar refractivity (Wildman–Crippen MR) is 63.4 cm³/mol. The Kier molecular flexibility index (Phi) is 4.03. The summed E-state index contributed by atoms with van der Waals surface area (Å²) in [5, 5.41) is 19.5. The molecule has 0 aliphatic heterocycles. The first-order valence-electron chi connectivity index (χ1n) is 5.10. The number of nitro groups is 1. The summed E-state index contributed by atoms with van der Waals surface area (Å²) >= 11 is 0. The van der Waals surface area contributed by atoms with Crippen molar-refractivity contribution in [2.24, 2.45) is 0 Å². The molecule has 0 spiro atoms. The molecule has 1 aromatic rings. The second-order valence-corrected chi connectivity index (χ2v) is 3.77. The Morgan fingerprint density at radius 1 is 1.53 bits per heavy atom. The van der Waals surface area contributed by atoms with E-state index in [-0.39, 0.29) is 18.7 Å². The second kappa shape index (κ2) is 5.29. The van der Waals surface area contributed by atoms with Crippen molar-refractivity contribution in [3.05, 3.63) is 33.9 Å². The molecule has 0 atom stereocenters. The maximum Gasteiger partial charge on any atom is 0.305 e. The van der Waals surface area contributed by atoms with Gasteiger partial charge in [-0.2, -0.15) is 0 Å². The summed E-state index contributed by atoms with van der Waals surface area (Å²) in [6, 6.07) is 4.99. The van der Waals surface area contributed by atoms with Gasteiger partial charge in [-0.05, 0) is 13.0 Å². The quantitative estimate of drug-likeness (QED) is 0.624. The number of nitrogens with zero attached hydrogens (tertiary/aromatic N) is 2. The molecule has 0 fully saturated rings. The summed E-state index contributed by atoms with van der Waals surface area (Å²) in [5.74, 6) is -0.924. The largest absolute Gasteiger partial charge is 0.481 e. The molecule has 0 bridgehead atoms. The highest BCUT2D eigenvalue weighted by Crippen LogP contribution is 2.30. The Bertz CT molecular complexity index is 445. The van der Waals surface area contributed by atoms with E-state index in [0.29, 0.717) is 11.3 Å². The average Bonchev–Trinajstić information content (AvgIpc) is 2.24. The monoisotopic (exact) mass is 238 g/mol. The van der Waals surface area contributed by atoms with Gasteiger partial charge in [-0.25, -0.2) is 0 Å². The standard InChI is InChI=1S/C11H14N2O4/c1-8-4-3-5-9(11(8)13(16)17)12(2)7-6-10(14)15/h3-5H,6-7H2,1-2H3,(H,14,15). The van der Waals surface area contributed by atoms with Gasteiger partial charge in [0.2, 0.25) is 0 Å². The van der Waals surface area contributed by atoms with Crippen molar-refractivity contribution in [2.75, 3.05) is 18.5 Å². The molecule has 6 heteroatoms. The molecule has 92 valence electrons. The highest BCUT2D eigenvalue weighted by molar-refractivity contribution is 5.70. The molecule has 0 heterocycles. The number of hydrogen-bond donors (Lipinski definition) is 1. The fourth-order valence-corrected chi connectivity index (χ4v) is 1.57. The van der Waals surface area contributed by atoms with Crippen LogP contribution in [-0.4, -0.2) is 29.6 Å². The van der Waals surface area contributed by atoms with Crippen LogP contribution in [0.4, 0.5) is 11.4 Å². The van der Waals surface area contributed by atoms with E-state index in [1.165, 1.54) is 0 Å². The number of anilines is 1. The van der Waals surface area contributed by atoms with E-state index in [1.807, 2.05) is 0 Å². The van der Waals surface area contributed by atoms with Gasteiger partial charge in [0.05, 0.1) is 11.3 Å². The summed E-state index contributed by atoms with van der Waals surface area (Å²) < 4.78 is 0. The molecular formula is C11H14N2O4. The summed E-state index contributed by atoms with van der Waals surface area (Å²) in [7, 11) is 1.64. The zero-order chi connectivity index (χ0) is 13.0. The molecule has 6 nitrogen and oxygen atoms in total. The number of rotatable bonds is 5. The summed E-state index contributed by atoms with van der Waals surface area (Å²) in [6.45, 7) is 1.90. The second-order valence-electron chi connectivity index (χ2n) is 3.77. The van der Waals surface area contributed by atoms with Crippen LogP contribution < -0.4 is 4.90 Å². The van der Waals surface area contributed by atoms with Crippen molar-refractivity contribution in [3.63, 3.8) is 0 Å². The van der Waals surface area contributed by atoms with Gasteiger partial charge in [0.15, 0.2) is 0 Å². The molecule has 0 amide bonds. The minimum absolute atomic E-state index is 0.0281. The Hall–Kier alpha value is -2.11. The van der Waals surface area contributed by atoms with Crippen LogP contribution in [0.3, 0.4) is 0 Å². The highest BCUT2D eigenvalue weighted by Gasteiger charge is 2.19. The Morgan fingerprint density at radius 3 is 2.71 bits per heavy atom. The molecule has 1 rings (SSSR count). The number of nitro benzene ring substituents is 1. The number of hydrogen-bond acceptors (Lipinski definition) is 4. The number of benzene rings is 1. The van der Waals surface area contributed by atoms with E-state index in [1.54, 1.807) is 37.1 Å². The molecule has 0 radical (unpaired) electrons. The smallest absolute Gasteiger partial charge is 0.305 e. The van der Waals surface area contributed by atoms with Gasteiger partial charge in [-0.15, -0.1) is 0 Å². The van der Waals surface area contributed by atoms with Crippen molar-refractivity contribution in [1.29, 1.82) is 0 Å². The van der Waals surface area contributed by atoms with Crippen LogP contribution in [0.25, 0.3) is 0 Å². The maximum atomic E-state index is 10.9. The van der Waals surface area contributed by atoms with E-state index in [9.17, 15) is 14.9 Å². The van der Waals surface area contributed by atoms with E-state index < -0.39 is 10.9 Å². The highest BCUT2D eigenvalue weighted by atomic mass is 16.6. The van der Waals surface area contributed by atoms with Gasteiger partial charge in [-0.3, -0.25) is 14.9 Å². The van der Waals surface area contributed by atoms with Crippen LogP contribution in [0.15, 0.2) is 18.2 Å². The van der Waals surface area contributed by atoms with Gasteiger partial charge in [0.25, 0.3) is 5.69 Å². The zero-order valence-electron chi connectivity index (χ0n) is 9.71. The summed E-state index contributed by atoms with van der Waals surface area (Å²) in [6.07, 6.45) is -0.0540. The predicted octanol–water partition coefficient (Wildman–Crippen LogP) is 1.81. The lowest BCUT2D eigenvalue weighted by atomic mass is 10.1. The fraction of sp³-hybridized carbons (Fsp3) is 0.364. The number of carbonyl (C=O) groups is 1. The lowest BCUT2D eigenvalue weighted by Gasteiger charge is -2.18. The molecule has 1 aromatic carbocycles. The molecule has 17 heavy (non-hydrogen) atoms. The SMILES string of the molecule is Cc1cccc(N(C)CCC(=O)O)c1[N+](=O)[O-]. The first-order valence-corrected chi connectivity index (χ1v) is 5.10. The number of para-hydroxylation sites is 1. The first-order chi connectivity index (χ1) is 7.93. The van der Waals surface area contributed by atoms with Crippen molar-refractivity contribution in [3.8, 4) is 0 Å². The molecule has 1 N–H and O–H groups in total. The van der Waals surface area contributed by atoms with Gasteiger partial charge < -0.3 is 10.0 Å². The third-order valence-corrected chi connectivity index (χ3v) is 2.47. The van der Waals surface area contributed by atoms with Gasteiger partial charge >= 0.3 is 5.97 Å². The summed E-state index contributed by atoms with van der Waals surface area (Å²) in [5.41, 5.74) is 1.03. The fourth-order valence-electron chi connectivity index (χ4n) is 1.57. The van der Waals surface area contributed by atoms with Crippen molar-refractivity contribution in [1.82, 2.24) is 0 Å². The van der Waals surface area contributed by atoms with Crippen LogP contribution in [-0.2, 0) is 4.79 Å². The third kappa shape index (κ3) is 3.17. The molecule has 0 saturated carbocycles. The molecule has 0 saturated heterocycles. The lowest BCUT2D eigenvalue weighted by molar-refractivity contribution is -0.384. The number of carboxylic acid groups (broad SMARTS) is 1.